The van der Waals surface area contributed by atoms with Crippen LogP contribution in [-0.4, -0.2) is 12.1 Å². The predicted octanol–water partition coefficient (Wildman–Crippen LogP) is 7.16. The first-order chi connectivity index (χ1) is 13.1. The van der Waals surface area contributed by atoms with E-state index >= 15 is 0 Å². The highest BCUT2D eigenvalue weighted by atomic mass is 16.5. The first-order valence-corrected chi connectivity index (χ1v) is 12.3. The highest BCUT2D eigenvalue weighted by molar-refractivity contribution is 5.72. The molecule has 3 atom stereocenters. The molecule has 2 heteroatoms. The van der Waals surface area contributed by atoms with Crippen LogP contribution < -0.4 is 0 Å². The Labute approximate surface area is 168 Å². The van der Waals surface area contributed by atoms with Gasteiger partial charge in [0.15, 0.2) is 0 Å². The Morgan fingerprint density at radius 2 is 1.52 bits per heavy atom. The van der Waals surface area contributed by atoms with Crippen LogP contribution in [0.3, 0.4) is 0 Å². The molecule has 3 fully saturated rings. The van der Waals surface area contributed by atoms with E-state index in [1.54, 1.807) is 0 Å². The van der Waals surface area contributed by atoms with Crippen molar-refractivity contribution in [2.45, 2.75) is 117 Å². The second-order valence-corrected chi connectivity index (χ2v) is 10.2. The summed E-state index contributed by atoms with van der Waals surface area (Å²) in [5.74, 6) is 4.84. The molecule has 27 heavy (non-hydrogen) atoms. The van der Waals surface area contributed by atoms with Gasteiger partial charge >= 0.3 is 5.97 Å². The molecule has 0 aliphatic heterocycles. The van der Waals surface area contributed by atoms with Gasteiger partial charge in [0.1, 0.15) is 6.10 Å². The number of ether oxygens (including phenoxy) is 1. The summed E-state index contributed by atoms with van der Waals surface area (Å²) in [6.07, 6.45) is 18.0. The maximum Gasteiger partial charge on any atom is 0.309 e. The van der Waals surface area contributed by atoms with Gasteiger partial charge in [-0.15, -0.1) is 0 Å². The van der Waals surface area contributed by atoms with Crippen LogP contribution in [0.1, 0.15) is 111 Å². The van der Waals surface area contributed by atoms with E-state index in [1.807, 2.05) is 0 Å². The summed E-state index contributed by atoms with van der Waals surface area (Å²) < 4.78 is 5.93. The number of hydrogen-bond acceptors (Lipinski definition) is 2. The normalized spacial score (nSPS) is 40.5. The molecule has 3 aliphatic carbocycles. The van der Waals surface area contributed by atoms with Crippen LogP contribution in [0, 0.1) is 35.5 Å². The lowest BCUT2D eigenvalue weighted by atomic mass is 9.64. The standard InChI is InChI=1S/C25H44O2/c1-4-6-20-9-16-24(18(3)17-20)21-10-12-22(13-11-21)25(26)27-23-14-7-19(5-2)8-15-23/h18-24H,4-17H2,1-3H3. The number of rotatable bonds is 6. The quantitative estimate of drug-likeness (QED) is 0.460. The van der Waals surface area contributed by atoms with E-state index in [0.29, 0.717) is 0 Å². The average molecular weight is 377 g/mol. The van der Waals surface area contributed by atoms with Crippen LogP contribution in [0.2, 0.25) is 0 Å². The Balaban J connectivity index is 1.39. The smallest absolute Gasteiger partial charge is 0.309 e. The van der Waals surface area contributed by atoms with Crippen molar-refractivity contribution in [3.05, 3.63) is 0 Å². The lowest BCUT2D eigenvalue weighted by molar-refractivity contribution is -0.157. The summed E-state index contributed by atoms with van der Waals surface area (Å²) in [6.45, 7) is 7.11. The third kappa shape index (κ3) is 5.73. The summed E-state index contributed by atoms with van der Waals surface area (Å²) in [4.78, 5) is 12.7. The Hall–Kier alpha value is -0.530. The highest BCUT2D eigenvalue weighted by Crippen LogP contribution is 2.45. The van der Waals surface area contributed by atoms with Crippen molar-refractivity contribution in [1.29, 1.82) is 0 Å². The Morgan fingerprint density at radius 3 is 2.11 bits per heavy atom. The molecule has 3 unspecified atom stereocenters. The minimum Gasteiger partial charge on any atom is -0.462 e. The lowest BCUT2D eigenvalue weighted by Gasteiger charge is -2.41. The maximum atomic E-state index is 12.7. The van der Waals surface area contributed by atoms with Gasteiger partial charge in [-0.25, -0.2) is 0 Å². The summed E-state index contributed by atoms with van der Waals surface area (Å²) >= 11 is 0. The molecule has 0 N–H and O–H groups in total. The van der Waals surface area contributed by atoms with Gasteiger partial charge in [0.05, 0.1) is 5.92 Å². The molecule has 2 nitrogen and oxygen atoms in total. The fourth-order valence-corrected chi connectivity index (χ4v) is 6.60. The van der Waals surface area contributed by atoms with Crippen LogP contribution >= 0.6 is 0 Å². The van der Waals surface area contributed by atoms with E-state index in [4.69, 9.17) is 4.74 Å². The minimum absolute atomic E-state index is 0.133. The molecule has 3 rings (SSSR count). The van der Waals surface area contributed by atoms with Crippen molar-refractivity contribution in [2.75, 3.05) is 0 Å². The minimum atomic E-state index is 0.133. The fourth-order valence-electron chi connectivity index (χ4n) is 6.60. The van der Waals surface area contributed by atoms with Crippen molar-refractivity contribution in [3.63, 3.8) is 0 Å². The predicted molar refractivity (Wildman–Crippen MR) is 112 cm³/mol. The second kappa shape index (κ2) is 10.3. The molecule has 0 aromatic heterocycles. The third-order valence-corrected chi connectivity index (χ3v) is 8.41. The molecule has 0 aromatic rings. The van der Waals surface area contributed by atoms with Crippen LogP contribution in [0.15, 0.2) is 0 Å². The SMILES string of the molecule is CCCC1CCC(C2CCC(C(=O)OC3CCC(CC)CC3)CC2)C(C)C1. The fraction of sp³-hybridized carbons (Fsp3) is 0.960. The third-order valence-electron chi connectivity index (χ3n) is 8.41. The maximum absolute atomic E-state index is 12.7. The van der Waals surface area contributed by atoms with E-state index in [1.165, 1.54) is 64.2 Å². The zero-order valence-electron chi connectivity index (χ0n) is 18.3. The van der Waals surface area contributed by atoms with Gasteiger partial charge in [0.25, 0.3) is 0 Å². The molecule has 0 spiro atoms. The number of carbonyl (C=O) groups excluding carboxylic acids is 1. The summed E-state index contributed by atoms with van der Waals surface area (Å²) in [6, 6.07) is 0. The van der Waals surface area contributed by atoms with E-state index in [2.05, 4.69) is 20.8 Å². The number of esters is 1. The summed E-state index contributed by atoms with van der Waals surface area (Å²) in [5, 5.41) is 0. The van der Waals surface area contributed by atoms with Crippen molar-refractivity contribution >= 4 is 5.97 Å². The summed E-state index contributed by atoms with van der Waals surface area (Å²) in [7, 11) is 0. The topological polar surface area (TPSA) is 26.3 Å². The zero-order valence-corrected chi connectivity index (χ0v) is 18.3. The van der Waals surface area contributed by atoms with E-state index in [9.17, 15) is 4.79 Å². The Bertz CT molecular complexity index is 443. The first kappa shape index (κ1) is 21.2. The average Bonchev–Trinajstić information content (AvgIpc) is 2.69. The molecule has 0 aromatic carbocycles. The number of carbonyl (C=O) groups is 1. The molecule has 3 aliphatic rings. The molecule has 0 amide bonds. The van der Waals surface area contributed by atoms with Gasteiger partial charge < -0.3 is 4.74 Å². The van der Waals surface area contributed by atoms with Gasteiger partial charge in [0.2, 0.25) is 0 Å². The molecule has 156 valence electrons. The van der Waals surface area contributed by atoms with Crippen LogP contribution in [0.5, 0.6) is 0 Å². The molecule has 0 radical (unpaired) electrons. The second-order valence-electron chi connectivity index (χ2n) is 10.2. The molecule has 0 saturated heterocycles. The van der Waals surface area contributed by atoms with Crippen molar-refractivity contribution in [2.24, 2.45) is 35.5 Å². The van der Waals surface area contributed by atoms with Crippen LogP contribution in [0.25, 0.3) is 0 Å². The molecule has 0 heterocycles. The van der Waals surface area contributed by atoms with Crippen LogP contribution in [-0.2, 0) is 9.53 Å². The van der Waals surface area contributed by atoms with Crippen molar-refractivity contribution in [3.8, 4) is 0 Å². The lowest BCUT2D eigenvalue weighted by Crippen LogP contribution is -2.34. The van der Waals surface area contributed by atoms with Crippen LogP contribution in [0.4, 0.5) is 0 Å². The van der Waals surface area contributed by atoms with E-state index in [-0.39, 0.29) is 18.0 Å². The van der Waals surface area contributed by atoms with Gasteiger partial charge in [0, 0.05) is 0 Å². The van der Waals surface area contributed by atoms with Gasteiger partial charge in [-0.1, -0.05) is 46.5 Å². The van der Waals surface area contributed by atoms with E-state index < -0.39 is 0 Å². The van der Waals surface area contributed by atoms with Gasteiger partial charge in [-0.3, -0.25) is 4.79 Å². The largest absolute Gasteiger partial charge is 0.462 e. The van der Waals surface area contributed by atoms with E-state index in [0.717, 1.165) is 55.3 Å². The molecular formula is C25H44O2. The Kier molecular flexibility index (Phi) is 8.09. The number of hydrogen-bond donors (Lipinski definition) is 0. The van der Waals surface area contributed by atoms with Gasteiger partial charge in [-0.2, -0.15) is 0 Å². The molecule has 0 bridgehead atoms. The summed E-state index contributed by atoms with van der Waals surface area (Å²) in [5.41, 5.74) is 0. The zero-order chi connectivity index (χ0) is 19.2. The molecular weight excluding hydrogens is 332 g/mol. The monoisotopic (exact) mass is 376 g/mol. The Morgan fingerprint density at radius 1 is 0.852 bits per heavy atom. The van der Waals surface area contributed by atoms with Gasteiger partial charge in [-0.05, 0) is 93.8 Å². The van der Waals surface area contributed by atoms with Crippen molar-refractivity contribution in [1.82, 2.24) is 0 Å². The first-order valence-electron chi connectivity index (χ1n) is 12.3. The molecule has 3 saturated carbocycles. The van der Waals surface area contributed by atoms with Crippen molar-refractivity contribution < 1.29 is 9.53 Å². The highest BCUT2D eigenvalue weighted by Gasteiger charge is 2.37.